The molecule has 1 aromatic carbocycles. The summed E-state index contributed by atoms with van der Waals surface area (Å²) in [5.74, 6) is 0.813. The smallest absolute Gasteiger partial charge is 0.250 e. The maximum Gasteiger partial charge on any atom is 0.250 e. The normalized spacial score (nSPS) is 16.5. The van der Waals surface area contributed by atoms with Gasteiger partial charge in [0.1, 0.15) is 0 Å². The number of nitrogens with zero attached hydrogens (tertiary/aromatic N) is 2. The molecule has 2 N–H and O–H groups in total. The zero-order chi connectivity index (χ0) is 18.9. The first-order valence-electron chi connectivity index (χ1n) is 9.61. The Morgan fingerprint density at radius 2 is 1.96 bits per heavy atom. The fourth-order valence-electron chi connectivity index (χ4n) is 3.07. The predicted molar refractivity (Wildman–Crippen MR) is 123 cm³/mol. The number of ether oxygens (including phenoxy) is 1. The van der Waals surface area contributed by atoms with Crippen LogP contribution in [0.15, 0.2) is 58.4 Å². The zero-order valence-corrected chi connectivity index (χ0v) is 18.6. The molecule has 0 saturated carbocycles. The van der Waals surface area contributed by atoms with E-state index in [9.17, 15) is 4.79 Å². The average Bonchev–Trinajstić information content (AvgIpc) is 3.21. The lowest BCUT2D eigenvalue weighted by molar-refractivity contribution is 0.114. The Balaban J connectivity index is 0.00000280. The van der Waals surface area contributed by atoms with E-state index >= 15 is 0 Å². The Kier molecular flexibility index (Phi) is 9.49. The molecule has 1 unspecified atom stereocenters. The summed E-state index contributed by atoms with van der Waals surface area (Å²) in [4.78, 5) is 16.5. The van der Waals surface area contributed by atoms with E-state index in [1.54, 1.807) is 16.7 Å². The van der Waals surface area contributed by atoms with Crippen LogP contribution >= 0.6 is 24.0 Å². The van der Waals surface area contributed by atoms with E-state index in [1.165, 1.54) is 0 Å². The number of hydrogen-bond donors (Lipinski definition) is 2. The van der Waals surface area contributed by atoms with Crippen molar-refractivity contribution in [3.8, 4) is 0 Å². The van der Waals surface area contributed by atoms with Gasteiger partial charge in [-0.2, -0.15) is 0 Å². The third-order valence-electron chi connectivity index (χ3n) is 4.56. The molecule has 2 heterocycles. The second kappa shape index (κ2) is 11.9. The lowest BCUT2D eigenvalue weighted by Crippen LogP contribution is -2.41. The van der Waals surface area contributed by atoms with Crippen LogP contribution in [0.4, 0.5) is 0 Å². The number of pyridine rings is 1. The molecule has 0 radical (unpaired) electrons. The Labute approximate surface area is 183 Å². The molecule has 0 spiro atoms. The van der Waals surface area contributed by atoms with Gasteiger partial charge in [-0.25, -0.2) is 4.99 Å². The molecule has 0 amide bonds. The van der Waals surface area contributed by atoms with Gasteiger partial charge in [-0.3, -0.25) is 4.79 Å². The van der Waals surface area contributed by atoms with E-state index in [0.717, 1.165) is 49.6 Å². The molecule has 28 heavy (non-hydrogen) atoms. The third-order valence-corrected chi connectivity index (χ3v) is 4.56. The quantitative estimate of drug-likeness (QED) is 0.352. The van der Waals surface area contributed by atoms with E-state index in [2.05, 4.69) is 46.8 Å². The van der Waals surface area contributed by atoms with Gasteiger partial charge < -0.3 is 19.9 Å². The number of hydrogen-bond acceptors (Lipinski definition) is 3. The van der Waals surface area contributed by atoms with Crippen LogP contribution in [0.5, 0.6) is 0 Å². The number of rotatable bonds is 7. The molecule has 1 aliphatic heterocycles. The number of benzene rings is 1. The topological polar surface area (TPSA) is 67.7 Å². The maximum absolute atomic E-state index is 11.8. The molecular weight excluding hydrogens is 467 g/mol. The standard InChI is InChI=1S/C21H28N4O2.HI/c1-2-22-21(24-15-19-6-5-13-27-19)23-14-17-8-10-18(11-9-17)16-25-12-4-3-7-20(25)26;/h3-4,7-12,19H,2,5-6,13-16H2,1H3,(H2,22,23,24);1H. The second-order valence-corrected chi connectivity index (χ2v) is 6.69. The van der Waals surface area contributed by atoms with Gasteiger partial charge in [0.15, 0.2) is 5.96 Å². The van der Waals surface area contributed by atoms with Crippen LogP contribution in [-0.2, 0) is 17.8 Å². The van der Waals surface area contributed by atoms with Gasteiger partial charge in [-0.1, -0.05) is 30.3 Å². The molecule has 0 bridgehead atoms. The number of nitrogens with one attached hydrogen (secondary N) is 2. The van der Waals surface area contributed by atoms with Crippen molar-refractivity contribution in [1.29, 1.82) is 0 Å². The van der Waals surface area contributed by atoms with E-state index < -0.39 is 0 Å². The van der Waals surface area contributed by atoms with E-state index in [1.807, 2.05) is 12.3 Å². The van der Waals surface area contributed by atoms with Crippen molar-refractivity contribution in [2.24, 2.45) is 4.99 Å². The summed E-state index contributed by atoms with van der Waals surface area (Å²) >= 11 is 0. The molecule has 1 saturated heterocycles. The highest BCUT2D eigenvalue weighted by Crippen LogP contribution is 2.10. The molecule has 1 aliphatic rings. The van der Waals surface area contributed by atoms with Crippen LogP contribution in [0, 0.1) is 0 Å². The van der Waals surface area contributed by atoms with Crippen LogP contribution in [-0.4, -0.2) is 36.3 Å². The largest absolute Gasteiger partial charge is 0.376 e. The fourth-order valence-corrected chi connectivity index (χ4v) is 3.07. The molecule has 152 valence electrons. The van der Waals surface area contributed by atoms with Crippen molar-refractivity contribution in [2.45, 2.75) is 39.0 Å². The monoisotopic (exact) mass is 496 g/mol. The molecule has 1 aromatic heterocycles. The van der Waals surface area contributed by atoms with Gasteiger partial charge in [-0.15, -0.1) is 24.0 Å². The van der Waals surface area contributed by atoms with Crippen LogP contribution in [0.25, 0.3) is 0 Å². The number of aromatic nitrogens is 1. The van der Waals surface area contributed by atoms with Gasteiger partial charge in [0.25, 0.3) is 5.56 Å². The molecule has 3 rings (SSSR count). The second-order valence-electron chi connectivity index (χ2n) is 6.69. The van der Waals surface area contributed by atoms with Crippen molar-refractivity contribution in [1.82, 2.24) is 15.2 Å². The van der Waals surface area contributed by atoms with Gasteiger partial charge in [0, 0.05) is 32.0 Å². The number of aliphatic imine (C=N–C) groups is 1. The lowest BCUT2D eigenvalue weighted by atomic mass is 10.1. The molecule has 6 nitrogen and oxygen atoms in total. The summed E-state index contributed by atoms with van der Waals surface area (Å²) in [6.45, 7) is 5.71. The Morgan fingerprint density at radius 1 is 1.18 bits per heavy atom. The Morgan fingerprint density at radius 3 is 2.64 bits per heavy atom. The minimum Gasteiger partial charge on any atom is -0.376 e. The highest BCUT2D eigenvalue weighted by molar-refractivity contribution is 14.0. The first-order chi connectivity index (χ1) is 13.2. The summed E-state index contributed by atoms with van der Waals surface area (Å²) in [6.07, 6.45) is 4.34. The Bertz CT molecular complexity index is 799. The van der Waals surface area contributed by atoms with Crippen molar-refractivity contribution in [2.75, 3.05) is 19.7 Å². The highest BCUT2D eigenvalue weighted by Gasteiger charge is 2.15. The minimum absolute atomic E-state index is 0. The molecule has 1 fully saturated rings. The van der Waals surface area contributed by atoms with Crippen molar-refractivity contribution < 1.29 is 4.74 Å². The summed E-state index contributed by atoms with van der Waals surface area (Å²) in [5, 5.41) is 6.63. The summed E-state index contributed by atoms with van der Waals surface area (Å²) in [7, 11) is 0. The molecule has 7 heteroatoms. The van der Waals surface area contributed by atoms with E-state index in [-0.39, 0.29) is 35.6 Å². The van der Waals surface area contributed by atoms with Crippen molar-refractivity contribution >= 4 is 29.9 Å². The summed E-state index contributed by atoms with van der Waals surface area (Å²) in [6, 6.07) is 13.4. The number of halogens is 1. The average molecular weight is 496 g/mol. The summed E-state index contributed by atoms with van der Waals surface area (Å²) in [5.41, 5.74) is 2.24. The van der Waals surface area contributed by atoms with E-state index in [0.29, 0.717) is 13.1 Å². The number of guanidine groups is 1. The summed E-state index contributed by atoms with van der Waals surface area (Å²) < 4.78 is 7.34. The van der Waals surface area contributed by atoms with Crippen LogP contribution in [0.1, 0.15) is 30.9 Å². The van der Waals surface area contributed by atoms with Crippen LogP contribution in [0.2, 0.25) is 0 Å². The lowest BCUT2D eigenvalue weighted by Gasteiger charge is -2.14. The van der Waals surface area contributed by atoms with Crippen LogP contribution in [0.3, 0.4) is 0 Å². The van der Waals surface area contributed by atoms with Crippen molar-refractivity contribution in [3.63, 3.8) is 0 Å². The van der Waals surface area contributed by atoms with Crippen molar-refractivity contribution in [3.05, 3.63) is 70.1 Å². The molecule has 2 aromatic rings. The van der Waals surface area contributed by atoms with Gasteiger partial charge in [-0.05, 0) is 37.0 Å². The molecule has 0 aliphatic carbocycles. The predicted octanol–water partition coefficient (Wildman–Crippen LogP) is 2.75. The fraction of sp³-hybridized carbons (Fsp3) is 0.429. The minimum atomic E-state index is 0. The Hall–Kier alpha value is -1.87. The van der Waals surface area contributed by atoms with Gasteiger partial charge >= 0.3 is 0 Å². The van der Waals surface area contributed by atoms with Crippen LogP contribution < -0.4 is 16.2 Å². The zero-order valence-electron chi connectivity index (χ0n) is 16.3. The first-order valence-corrected chi connectivity index (χ1v) is 9.61. The molecule has 1 atom stereocenters. The van der Waals surface area contributed by atoms with Gasteiger partial charge in [0.2, 0.25) is 0 Å². The van der Waals surface area contributed by atoms with E-state index in [4.69, 9.17) is 4.74 Å². The maximum atomic E-state index is 11.8. The molecular formula is C21H29IN4O2. The third kappa shape index (κ3) is 6.94. The SMILES string of the molecule is CCNC(=NCc1ccc(Cn2ccccc2=O)cc1)NCC1CCCO1.I. The first kappa shape index (κ1) is 22.4. The van der Waals surface area contributed by atoms with Gasteiger partial charge in [0.05, 0.1) is 19.2 Å². The highest BCUT2D eigenvalue weighted by atomic mass is 127.